The first-order valence-electron chi connectivity index (χ1n) is 15.1. The molecule has 0 saturated heterocycles. The van der Waals surface area contributed by atoms with E-state index in [2.05, 4.69) is 124 Å². The van der Waals surface area contributed by atoms with Crippen LogP contribution in [0.2, 0.25) is 0 Å². The van der Waals surface area contributed by atoms with Crippen molar-refractivity contribution in [2.45, 2.75) is 46.0 Å². The summed E-state index contributed by atoms with van der Waals surface area (Å²) < 4.78 is 0. The number of aryl methyl sites for hydroxylation is 2. The van der Waals surface area contributed by atoms with Crippen molar-refractivity contribution in [2.75, 3.05) is 0 Å². The van der Waals surface area contributed by atoms with Crippen molar-refractivity contribution in [3.8, 4) is 33.5 Å². The van der Waals surface area contributed by atoms with Gasteiger partial charge in [-0.3, -0.25) is 4.98 Å². The molecular weight excluding hydrogens is 733 g/mol. The van der Waals surface area contributed by atoms with Crippen LogP contribution in [0.4, 0.5) is 0 Å². The zero-order valence-corrected chi connectivity index (χ0v) is 28.3. The van der Waals surface area contributed by atoms with Crippen LogP contribution in [-0.2, 0) is 25.5 Å². The van der Waals surface area contributed by atoms with E-state index in [-0.39, 0.29) is 31.2 Å². The van der Waals surface area contributed by atoms with Gasteiger partial charge >= 0.3 is 5.97 Å². The number of aromatic carboxylic acids is 1. The Balaban J connectivity index is 0.000000347. The fourth-order valence-corrected chi connectivity index (χ4v) is 6.70. The van der Waals surface area contributed by atoms with E-state index in [1.807, 2.05) is 0 Å². The zero-order chi connectivity index (χ0) is 30.8. The molecule has 5 heteroatoms. The number of rotatable bonds is 5. The Morgan fingerprint density at radius 1 is 0.778 bits per heavy atom. The second-order valence-electron chi connectivity index (χ2n) is 11.4. The molecule has 4 nitrogen and oxygen atoms in total. The monoisotopic (exact) mass is 768 g/mol. The van der Waals surface area contributed by atoms with Crippen LogP contribution in [0.1, 0.15) is 59.4 Å². The van der Waals surface area contributed by atoms with Crippen molar-refractivity contribution in [3.63, 3.8) is 0 Å². The molecule has 7 rings (SSSR count). The Morgan fingerprint density at radius 3 is 2.13 bits per heavy atom. The second-order valence-corrected chi connectivity index (χ2v) is 11.4. The van der Waals surface area contributed by atoms with E-state index < -0.39 is 5.97 Å². The van der Waals surface area contributed by atoms with Crippen LogP contribution < -0.4 is 0 Å². The first-order chi connectivity index (χ1) is 21.3. The number of pyridine rings is 2. The van der Waals surface area contributed by atoms with Crippen LogP contribution in [0.5, 0.6) is 0 Å². The van der Waals surface area contributed by atoms with Crippen molar-refractivity contribution in [1.29, 1.82) is 0 Å². The minimum atomic E-state index is -0.990. The number of nitrogens with zero attached hydrogens (tertiary/aromatic N) is 2. The average molecular weight is 768 g/mol. The standard InChI is InChI=1S/C34H30N.C6H5NO2.Ir/c1-5-34(6-2)30-15-11-10-14-26(30)28-19-29-27(24-12-8-7-9-13-24)20-32(35-33(29)21-31(28)34)25-17-22(3)16-23(4)18-25;8-6(9)5-3-1-2-4-7-5;/h7-17,19-21H,5-6H2,1-4H3;1-4H,(H,8,9);/q-1;;. The maximum absolute atomic E-state index is 10.1. The summed E-state index contributed by atoms with van der Waals surface area (Å²) in [6.45, 7) is 8.90. The minimum Gasteiger partial charge on any atom is -0.477 e. The molecule has 0 aliphatic heterocycles. The SMILES string of the molecule is CCC1(CC)c2ccccc2-c2cc3c(-c4ccccc4)cc(-c4[c-]c(C)cc(C)c4)nc3cc21.O=C(O)c1ccccn1.[Ir]. The molecule has 227 valence electrons. The summed E-state index contributed by atoms with van der Waals surface area (Å²) in [5.41, 5.74) is 13.7. The van der Waals surface area contributed by atoms with E-state index in [9.17, 15) is 4.79 Å². The van der Waals surface area contributed by atoms with Crippen molar-refractivity contribution >= 4 is 16.9 Å². The van der Waals surface area contributed by atoms with Gasteiger partial charge in [-0.2, -0.15) is 0 Å². The fourth-order valence-electron chi connectivity index (χ4n) is 6.70. The summed E-state index contributed by atoms with van der Waals surface area (Å²) in [4.78, 5) is 19.0. The van der Waals surface area contributed by atoms with Crippen molar-refractivity contribution in [1.82, 2.24) is 9.97 Å². The van der Waals surface area contributed by atoms with Crippen LogP contribution in [-0.4, -0.2) is 21.0 Å². The van der Waals surface area contributed by atoms with E-state index in [0.29, 0.717) is 0 Å². The van der Waals surface area contributed by atoms with Crippen LogP contribution in [0, 0.1) is 19.9 Å². The first-order valence-corrected chi connectivity index (χ1v) is 15.1. The fraction of sp³-hybridized carbons (Fsp3) is 0.175. The maximum Gasteiger partial charge on any atom is 0.354 e. The molecule has 1 aliphatic rings. The maximum atomic E-state index is 10.1. The molecule has 0 bridgehead atoms. The van der Waals surface area contributed by atoms with Crippen molar-refractivity contribution in [2.24, 2.45) is 0 Å². The van der Waals surface area contributed by atoms with E-state index in [1.165, 1.54) is 56.6 Å². The molecule has 1 N–H and O–H groups in total. The normalized spacial score (nSPS) is 12.4. The number of carboxylic acids is 1. The number of hydrogen-bond donors (Lipinski definition) is 1. The number of carboxylic acid groups (broad SMARTS) is 1. The molecule has 0 spiro atoms. The molecule has 0 fully saturated rings. The third kappa shape index (κ3) is 5.99. The molecule has 0 saturated carbocycles. The summed E-state index contributed by atoms with van der Waals surface area (Å²) >= 11 is 0. The van der Waals surface area contributed by atoms with Gasteiger partial charge < -0.3 is 5.11 Å². The number of fused-ring (bicyclic) bond motifs is 4. The van der Waals surface area contributed by atoms with Crippen molar-refractivity contribution in [3.05, 3.63) is 143 Å². The molecule has 4 aromatic carbocycles. The van der Waals surface area contributed by atoms with Crippen molar-refractivity contribution < 1.29 is 30.0 Å². The Bertz CT molecular complexity index is 1960. The minimum absolute atomic E-state index is 0. The van der Waals surface area contributed by atoms with Gasteiger partial charge in [0.2, 0.25) is 0 Å². The van der Waals surface area contributed by atoms with Gasteiger partial charge in [-0.25, -0.2) is 9.78 Å². The van der Waals surface area contributed by atoms with Gasteiger partial charge in [0, 0.05) is 37.1 Å². The van der Waals surface area contributed by atoms with Gasteiger partial charge in [-0.15, -0.1) is 34.9 Å². The zero-order valence-electron chi connectivity index (χ0n) is 25.9. The molecule has 0 unspecified atom stereocenters. The Kier molecular flexibility index (Phi) is 9.43. The number of hydrogen-bond acceptors (Lipinski definition) is 3. The van der Waals surface area contributed by atoms with E-state index in [4.69, 9.17) is 10.1 Å². The smallest absolute Gasteiger partial charge is 0.354 e. The van der Waals surface area contributed by atoms with Gasteiger partial charge in [0.1, 0.15) is 5.69 Å². The van der Waals surface area contributed by atoms with Gasteiger partial charge in [0.25, 0.3) is 0 Å². The van der Waals surface area contributed by atoms with Crippen LogP contribution in [0.25, 0.3) is 44.4 Å². The van der Waals surface area contributed by atoms with Crippen LogP contribution >= 0.6 is 0 Å². The predicted molar refractivity (Wildman–Crippen MR) is 179 cm³/mol. The summed E-state index contributed by atoms with van der Waals surface area (Å²) in [7, 11) is 0. The molecule has 2 heterocycles. The molecule has 1 radical (unpaired) electrons. The van der Waals surface area contributed by atoms with Gasteiger partial charge in [0.05, 0.1) is 5.52 Å². The first kappa shape index (κ1) is 32.0. The topological polar surface area (TPSA) is 63.1 Å². The summed E-state index contributed by atoms with van der Waals surface area (Å²) in [6, 6.07) is 39.4. The number of benzene rings is 4. The summed E-state index contributed by atoms with van der Waals surface area (Å²) in [5, 5.41) is 9.53. The molecular formula is C40H35IrN2O2-. The molecule has 1 aliphatic carbocycles. The molecule has 45 heavy (non-hydrogen) atoms. The Morgan fingerprint density at radius 2 is 1.49 bits per heavy atom. The average Bonchev–Trinajstić information content (AvgIpc) is 3.32. The molecule has 6 aromatic rings. The quantitative estimate of drug-likeness (QED) is 0.178. The Labute approximate surface area is 278 Å². The number of aromatic nitrogens is 2. The van der Waals surface area contributed by atoms with E-state index in [1.54, 1.807) is 12.1 Å². The molecule has 0 atom stereocenters. The summed E-state index contributed by atoms with van der Waals surface area (Å²) in [6.07, 6.45) is 3.60. The molecule has 2 aromatic heterocycles. The van der Waals surface area contributed by atoms with Crippen LogP contribution in [0.15, 0.2) is 109 Å². The summed E-state index contributed by atoms with van der Waals surface area (Å²) in [5.74, 6) is -0.990. The molecule has 0 amide bonds. The number of carbonyl (C=O) groups is 1. The van der Waals surface area contributed by atoms with E-state index >= 15 is 0 Å². The third-order valence-electron chi connectivity index (χ3n) is 8.80. The predicted octanol–water partition coefficient (Wildman–Crippen LogP) is 9.85. The van der Waals surface area contributed by atoms with Gasteiger partial charge in [-0.05, 0) is 76.2 Å². The third-order valence-corrected chi connectivity index (χ3v) is 8.80. The van der Waals surface area contributed by atoms with E-state index in [0.717, 1.165) is 35.2 Å². The van der Waals surface area contributed by atoms with Crippen LogP contribution in [0.3, 0.4) is 0 Å². The largest absolute Gasteiger partial charge is 0.477 e. The van der Waals surface area contributed by atoms with Gasteiger partial charge in [0.15, 0.2) is 0 Å². The van der Waals surface area contributed by atoms with Gasteiger partial charge in [-0.1, -0.05) is 94.4 Å². The Hall–Kier alpha value is -4.44. The second kappa shape index (κ2) is 13.3.